The van der Waals surface area contributed by atoms with Gasteiger partial charge in [0.2, 0.25) is 0 Å². The fraction of sp³-hybridized carbons (Fsp3) is 0.294. The molecule has 0 spiro atoms. The average Bonchev–Trinajstić information content (AvgIpc) is 3.25. The van der Waals surface area contributed by atoms with Crippen molar-refractivity contribution in [1.29, 1.82) is 0 Å². The third-order valence-electron chi connectivity index (χ3n) is 10.8. The molecule has 5 aromatic rings. The quantitative estimate of drug-likeness (QED) is 0.257. The highest BCUT2D eigenvalue weighted by Gasteiger charge is 2.54. The molecule has 3 heteroatoms. The Bertz CT molecular complexity index is 1780. The SMILES string of the molecule is c1ccc2c(c1)Oc1c(C34CC5CC(CC(C5)C3)C4)ccc3c1B2c1cccc2c4ccccc4n-3c12. The van der Waals surface area contributed by atoms with Gasteiger partial charge in [-0.2, -0.15) is 0 Å². The maximum atomic E-state index is 7.03. The van der Waals surface area contributed by atoms with Gasteiger partial charge < -0.3 is 9.30 Å². The van der Waals surface area contributed by atoms with Crippen LogP contribution >= 0.6 is 0 Å². The first-order valence-corrected chi connectivity index (χ1v) is 14.2. The van der Waals surface area contributed by atoms with Gasteiger partial charge in [-0.3, -0.25) is 0 Å². The van der Waals surface area contributed by atoms with Gasteiger partial charge in [0.1, 0.15) is 11.5 Å². The Labute approximate surface area is 217 Å². The van der Waals surface area contributed by atoms with E-state index in [9.17, 15) is 0 Å². The minimum absolute atomic E-state index is 0.212. The van der Waals surface area contributed by atoms with Gasteiger partial charge in [0.25, 0.3) is 6.71 Å². The van der Waals surface area contributed by atoms with Gasteiger partial charge in [0.15, 0.2) is 0 Å². The van der Waals surface area contributed by atoms with Crippen molar-refractivity contribution in [2.24, 2.45) is 17.8 Å². The van der Waals surface area contributed by atoms with Crippen LogP contribution in [0, 0.1) is 17.8 Å². The van der Waals surface area contributed by atoms with Gasteiger partial charge in [-0.1, -0.05) is 60.7 Å². The second-order valence-electron chi connectivity index (χ2n) is 12.7. The highest BCUT2D eigenvalue weighted by molar-refractivity contribution is 6.99. The molecule has 4 saturated carbocycles. The van der Waals surface area contributed by atoms with Crippen LogP contribution in [-0.2, 0) is 5.41 Å². The summed E-state index contributed by atoms with van der Waals surface area (Å²) in [7, 11) is 0. The molecule has 0 amide bonds. The highest BCUT2D eigenvalue weighted by Crippen LogP contribution is 2.62. The molecule has 0 unspecified atom stereocenters. The number of hydrogen-bond acceptors (Lipinski definition) is 1. The smallest absolute Gasteiger partial charge is 0.256 e. The summed E-state index contributed by atoms with van der Waals surface area (Å²) >= 11 is 0. The van der Waals surface area contributed by atoms with Crippen LogP contribution in [-0.4, -0.2) is 11.3 Å². The molecule has 11 rings (SSSR count). The van der Waals surface area contributed by atoms with Crippen LogP contribution in [0.2, 0.25) is 0 Å². The number of rotatable bonds is 1. The molecule has 4 bridgehead atoms. The Kier molecular flexibility index (Phi) is 3.45. The summed E-state index contributed by atoms with van der Waals surface area (Å²) in [4.78, 5) is 0. The molecule has 0 saturated heterocycles. The van der Waals surface area contributed by atoms with Crippen LogP contribution in [0.5, 0.6) is 11.5 Å². The zero-order valence-corrected chi connectivity index (χ0v) is 20.9. The third kappa shape index (κ3) is 2.31. The first-order valence-electron chi connectivity index (χ1n) is 14.2. The number of benzene rings is 4. The fourth-order valence-corrected chi connectivity index (χ4v) is 9.96. The lowest BCUT2D eigenvalue weighted by atomic mass is 9.34. The number of ether oxygens (including phenoxy) is 1. The van der Waals surface area contributed by atoms with E-state index in [1.165, 1.54) is 93.7 Å². The molecule has 0 atom stereocenters. The van der Waals surface area contributed by atoms with Crippen molar-refractivity contribution in [3.8, 4) is 17.2 Å². The summed E-state index contributed by atoms with van der Waals surface area (Å²) in [5.41, 5.74) is 9.90. The zero-order chi connectivity index (χ0) is 23.9. The molecule has 0 N–H and O–H groups in total. The predicted octanol–water partition coefficient (Wildman–Crippen LogP) is 6.19. The van der Waals surface area contributed by atoms with Crippen molar-refractivity contribution in [3.63, 3.8) is 0 Å². The molecule has 6 aliphatic rings. The van der Waals surface area contributed by atoms with Crippen molar-refractivity contribution in [1.82, 2.24) is 4.57 Å². The Morgan fingerprint density at radius 2 is 1.41 bits per heavy atom. The third-order valence-corrected chi connectivity index (χ3v) is 10.8. The predicted molar refractivity (Wildman–Crippen MR) is 152 cm³/mol. The molecule has 2 aliphatic heterocycles. The van der Waals surface area contributed by atoms with Crippen LogP contribution < -0.4 is 21.1 Å². The summed E-state index contributed by atoms with van der Waals surface area (Å²) in [6, 6.07) is 29.6. The molecule has 37 heavy (non-hydrogen) atoms. The molecule has 1 aromatic heterocycles. The Hall–Kier alpha value is -3.46. The first kappa shape index (κ1) is 19.6. The summed E-state index contributed by atoms with van der Waals surface area (Å²) in [6.07, 6.45) is 8.46. The lowest BCUT2D eigenvalue weighted by Crippen LogP contribution is -2.59. The summed E-state index contributed by atoms with van der Waals surface area (Å²) in [5, 5.41) is 2.69. The summed E-state index contributed by atoms with van der Waals surface area (Å²) in [5.74, 6) is 4.97. The second-order valence-corrected chi connectivity index (χ2v) is 12.7. The van der Waals surface area contributed by atoms with E-state index in [1.807, 2.05) is 0 Å². The molecule has 4 fully saturated rings. The van der Waals surface area contributed by atoms with Crippen LogP contribution in [0.1, 0.15) is 44.1 Å². The van der Waals surface area contributed by atoms with E-state index in [4.69, 9.17) is 4.74 Å². The lowest BCUT2D eigenvalue weighted by Gasteiger charge is -2.57. The van der Waals surface area contributed by atoms with E-state index in [0.29, 0.717) is 5.41 Å². The Morgan fingerprint density at radius 3 is 2.24 bits per heavy atom. The summed E-state index contributed by atoms with van der Waals surface area (Å²) in [6.45, 7) is 0.212. The highest BCUT2D eigenvalue weighted by atomic mass is 16.5. The molecule has 4 aromatic carbocycles. The van der Waals surface area contributed by atoms with E-state index in [2.05, 4.69) is 83.4 Å². The van der Waals surface area contributed by atoms with Gasteiger partial charge in [-0.25, -0.2) is 0 Å². The molecule has 178 valence electrons. The molecular formula is C34H28BNO. The van der Waals surface area contributed by atoms with Gasteiger partial charge >= 0.3 is 0 Å². The van der Waals surface area contributed by atoms with E-state index < -0.39 is 0 Å². The van der Waals surface area contributed by atoms with Crippen molar-refractivity contribution < 1.29 is 4.74 Å². The van der Waals surface area contributed by atoms with Crippen molar-refractivity contribution in [2.45, 2.75) is 43.9 Å². The number of hydrogen-bond donors (Lipinski definition) is 0. The minimum atomic E-state index is 0.212. The lowest BCUT2D eigenvalue weighted by molar-refractivity contribution is -0.00593. The monoisotopic (exact) mass is 477 g/mol. The van der Waals surface area contributed by atoms with Gasteiger partial charge in [-0.15, -0.1) is 0 Å². The van der Waals surface area contributed by atoms with Crippen molar-refractivity contribution in [2.75, 3.05) is 0 Å². The van der Waals surface area contributed by atoms with Gasteiger partial charge in [0, 0.05) is 27.5 Å². The topological polar surface area (TPSA) is 14.2 Å². The maximum Gasteiger partial charge on any atom is 0.256 e. The molecule has 3 heterocycles. The maximum absolute atomic E-state index is 7.03. The standard InChI is InChI=1S/C34H28BNO/c1-3-10-28-23(6-1)24-7-5-9-27-32(24)36(28)29-13-12-25(34-17-20-14-21(18-34)16-22(15-20)19-34)33-31(29)35(27)26-8-2-4-11-30(26)37-33/h1-13,20-22H,14-19H2. The van der Waals surface area contributed by atoms with E-state index in [1.54, 1.807) is 0 Å². The summed E-state index contributed by atoms with van der Waals surface area (Å²) < 4.78 is 9.57. The molecule has 0 radical (unpaired) electrons. The number of para-hydroxylation sites is 3. The van der Waals surface area contributed by atoms with Crippen LogP contribution in [0.25, 0.3) is 27.5 Å². The van der Waals surface area contributed by atoms with Crippen LogP contribution in [0.3, 0.4) is 0 Å². The second kappa shape index (κ2) is 6.51. The van der Waals surface area contributed by atoms with E-state index in [0.717, 1.165) is 23.5 Å². The van der Waals surface area contributed by atoms with Crippen molar-refractivity contribution >= 4 is 44.9 Å². The zero-order valence-electron chi connectivity index (χ0n) is 20.9. The Morgan fingerprint density at radius 1 is 0.703 bits per heavy atom. The minimum Gasteiger partial charge on any atom is -0.458 e. The fourth-order valence-electron chi connectivity index (χ4n) is 9.96. The largest absolute Gasteiger partial charge is 0.458 e. The number of fused-ring (bicyclic) bond motifs is 7. The number of aromatic nitrogens is 1. The molecular weight excluding hydrogens is 449 g/mol. The number of nitrogens with zero attached hydrogens (tertiary/aromatic N) is 1. The first-order chi connectivity index (χ1) is 18.3. The van der Waals surface area contributed by atoms with Crippen LogP contribution in [0.15, 0.2) is 78.9 Å². The average molecular weight is 477 g/mol. The van der Waals surface area contributed by atoms with E-state index >= 15 is 0 Å². The molecule has 4 aliphatic carbocycles. The van der Waals surface area contributed by atoms with Gasteiger partial charge in [-0.05, 0) is 96.3 Å². The molecule has 2 nitrogen and oxygen atoms in total. The van der Waals surface area contributed by atoms with Gasteiger partial charge in [0.05, 0.1) is 5.52 Å². The van der Waals surface area contributed by atoms with Crippen molar-refractivity contribution in [3.05, 3.63) is 84.4 Å². The van der Waals surface area contributed by atoms with Crippen LogP contribution in [0.4, 0.5) is 0 Å². The van der Waals surface area contributed by atoms with E-state index in [-0.39, 0.29) is 6.71 Å². The Balaban J connectivity index is 1.33. The normalized spacial score (nSPS) is 27.9.